The summed E-state index contributed by atoms with van der Waals surface area (Å²) in [6.45, 7) is 2.61. The molecule has 6 nitrogen and oxygen atoms in total. The highest BCUT2D eigenvalue weighted by molar-refractivity contribution is 7.99. The Balaban J connectivity index is 1.59. The molecule has 1 aliphatic carbocycles. The van der Waals surface area contributed by atoms with E-state index < -0.39 is 0 Å². The smallest absolute Gasteiger partial charge is 0.230 e. The molecule has 1 aliphatic rings. The Hall–Kier alpha value is -2.02. The molecule has 0 aliphatic heterocycles. The highest BCUT2D eigenvalue weighted by atomic mass is 32.2. The summed E-state index contributed by atoms with van der Waals surface area (Å²) in [5.41, 5.74) is 0.973. The van der Waals surface area contributed by atoms with Crippen LogP contribution in [0.2, 0.25) is 0 Å². The van der Waals surface area contributed by atoms with Gasteiger partial charge in [0.05, 0.1) is 12.4 Å². The SMILES string of the molecule is CCOc1ccc(-c2nnc(SCC(=O)NC3CCCC3)n2C)cc1. The van der Waals surface area contributed by atoms with E-state index in [-0.39, 0.29) is 5.91 Å². The molecule has 1 amide bonds. The lowest BCUT2D eigenvalue weighted by Crippen LogP contribution is -2.33. The molecule has 7 heteroatoms. The molecule has 0 radical (unpaired) electrons. The van der Waals surface area contributed by atoms with Crippen LogP contribution in [-0.4, -0.2) is 39.1 Å². The molecule has 1 saturated carbocycles. The maximum Gasteiger partial charge on any atom is 0.230 e. The fraction of sp³-hybridized carbons (Fsp3) is 0.500. The van der Waals surface area contributed by atoms with Gasteiger partial charge in [-0.1, -0.05) is 24.6 Å². The monoisotopic (exact) mass is 360 g/mol. The van der Waals surface area contributed by atoms with E-state index in [2.05, 4.69) is 15.5 Å². The number of benzene rings is 1. The van der Waals surface area contributed by atoms with Crippen molar-refractivity contribution in [2.45, 2.75) is 43.8 Å². The van der Waals surface area contributed by atoms with E-state index >= 15 is 0 Å². The van der Waals surface area contributed by atoms with E-state index in [1.165, 1.54) is 24.6 Å². The molecule has 25 heavy (non-hydrogen) atoms. The van der Waals surface area contributed by atoms with Gasteiger partial charge in [-0.25, -0.2) is 0 Å². The summed E-state index contributed by atoms with van der Waals surface area (Å²) in [5, 5.41) is 12.3. The van der Waals surface area contributed by atoms with Crippen LogP contribution in [0.4, 0.5) is 0 Å². The minimum Gasteiger partial charge on any atom is -0.494 e. The van der Waals surface area contributed by atoms with Gasteiger partial charge < -0.3 is 14.6 Å². The molecule has 1 fully saturated rings. The van der Waals surface area contributed by atoms with E-state index in [1.807, 2.05) is 42.8 Å². The highest BCUT2D eigenvalue weighted by Crippen LogP contribution is 2.24. The van der Waals surface area contributed by atoms with Crippen LogP contribution in [-0.2, 0) is 11.8 Å². The number of amides is 1. The maximum atomic E-state index is 12.1. The zero-order chi connectivity index (χ0) is 17.6. The third-order valence-corrected chi connectivity index (χ3v) is 5.33. The second kappa shape index (κ2) is 8.38. The summed E-state index contributed by atoms with van der Waals surface area (Å²) < 4.78 is 7.38. The number of hydrogen-bond acceptors (Lipinski definition) is 5. The van der Waals surface area contributed by atoms with E-state index in [9.17, 15) is 4.79 Å². The average molecular weight is 360 g/mol. The first-order valence-corrected chi connectivity index (χ1v) is 9.70. The quantitative estimate of drug-likeness (QED) is 0.769. The molecule has 3 rings (SSSR count). The minimum absolute atomic E-state index is 0.0718. The zero-order valence-corrected chi connectivity index (χ0v) is 15.5. The van der Waals surface area contributed by atoms with E-state index in [0.717, 1.165) is 35.1 Å². The van der Waals surface area contributed by atoms with Crippen molar-refractivity contribution in [2.75, 3.05) is 12.4 Å². The topological polar surface area (TPSA) is 69.0 Å². The van der Waals surface area contributed by atoms with Gasteiger partial charge in [-0.15, -0.1) is 10.2 Å². The van der Waals surface area contributed by atoms with Crippen LogP contribution >= 0.6 is 11.8 Å². The van der Waals surface area contributed by atoms with Crippen molar-refractivity contribution < 1.29 is 9.53 Å². The van der Waals surface area contributed by atoms with Crippen molar-refractivity contribution in [2.24, 2.45) is 7.05 Å². The fourth-order valence-corrected chi connectivity index (χ4v) is 3.75. The molecule has 0 saturated heterocycles. The van der Waals surface area contributed by atoms with E-state index in [4.69, 9.17) is 4.74 Å². The van der Waals surface area contributed by atoms with Crippen LogP contribution in [0.5, 0.6) is 5.75 Å². The van der Waals surface area contributed by atoms with Crippen LogP contribution in [0.25, 0.3) is 11.4 Å². The van der Waals surface area contributed by atoms with E-state index in [1.54, 1.807) is 0 Å². The normalized spacial score (nSPS) is 14.6. The van der Waals surface area contributed by atoms with Gasteiger partial charge in [0.1, 0.15) is 5.75 Å². The third kappa shape index (κ3) is 4.54. The summed E-state index contributed by atoms with van der Waals surface area (Å²) >= 11 is 1.42. The van der Waals surface area contributed by atoms with E-state index in [0.29, 0.717) is 18.4 Å². The van der Waals surface area contributed by atoms with Crippen LogP contribution in [0.1, 0.15) is 32.6 Å². The molecule has 2 aromatic rings. The van der Waals surface area contributed by atoms with Gasteiger partial charge >= 0.3 is 0 Å². The number of thioether (sulfide) groups is 1. The number of rotatable bonds is 7. The van der Waals surface area contributed by atoms with Crippen molar-refractivity contribution in [3.63, 3.8) is 0 Å². The molecule has 1 N–H and O–H groups in total. The standard InChI is InChI=1S/C18H24N4O2S/c1-3-24-15-10-8-13(9-11-15)17-20-21-18(22(17)2)25-12-16(23)19-14-6-4-5-7-14/h8-11,14H,3-7,12H2,1-2H3,(H,19,23). The predicted octanol–water partition coefficient (Wildman–Crippen LogP) is 3.03. The zero-order valence-electron chi connectivity index (χ0n) is 14.7. The third-order valence-electron chi connectivity index (χ3n) is 4.31. The number of nitrogens with zero attached hydrogens (tertiary/aromatic N) is 3. The molecule has 1 aromatic carbocycles. The molecule has 134 valence electrons. The number of nitrogens with one attached hydrogen (secondary N) is 1. The highest BCUT2D eigenvalue weighted by Gasteiger charge is 2.18. The Morgan fingerprint density at radius 2 is 2.00 bits per heavy atom. The van der Waals surface area contributed by atoms with Crippen molar-refractivity contribution in [1.82, 2.24) is 20.1 Å². The summed E-state index contributed by atoms with van der Waals surface area (Å²) in [7, 11) is 1.92. The number of carbonyl (C=O) groups is 1. The molecular formula is C18H24N4O2S. The van der Waals surface area contributed by atoms with Gasteiger partial charge in [-0.05, 0) is 44.0 Å². The van der Waals surface area contributed by atoms with Gasteiger partial charge in [-0.2, -0.15) is 0 Å². The molecule has 1 aromatic heterocycles. The second-order valence-corrected chi connectivity index (χ2v) is 7.10. The molecule has 0 unspecified atom stereocenters. The average Bonchev–Trinajstić information content (AvgIpc) is 3.24. The maximum absolute atomic E-state index is 12.1. The van der Waals surface area contributed by atoms with Crippen molar-refractivity contribution >= 4 is 17.7 Å². The first-order valence-electron chi connectivity index (χ1n) is 8.72. The number of hydrogen-bond donors (Lipinski definition) is 1. The summed E-state index contributed by atoms with van der Waals surface area (Å²) in [5.74, 6) is 2.06. The Labute approximate surface area is 152 Å². The molecular weight excluding hydrogens is 336 g/mol. The van der Waals surface area contributed by atoms with Gasteiger partial charge in [0.15, 0.2) is 11.0 Å². The first-order chi connectivity index (χ1) is 12.2. The lowest BCUT2D eigenvalue weighted by atomic mass is 10.2. The molecule has 0 spiro atoms. The number of ether oxygens (including phenoxy) is 1. The van der Waals surface area contributed by atoms with Crippen LogP contribution in [0, 0.1) is 0 Å². The van der Waals surface area contributed by atoms with Crippen LogP contribution < -0.4 is 10.1 Å². The van der Waals surface area contributed by atoms with Crippen molar-refractivity contribution in [1.29, 1.82) is 0 Å². The Bertz CT molecular complexity index is 708. The summed E-state index contributed by atoms with van der Waals surface area (Å²) in [6.07, 6.45) is 4.63. The predicted molar refractivity (Wildman–Crippen MR) is 98.7 cm³/mol. The summed E-state index contributed by atoms with van der Waals surface area (Å²) in [4.78, 5) is 12.1. The largest absolute Gasteiger partial charge is 0.494 e. The number of aromatic nitrogens is 3. The minimum atomic E-state index is 0.0718. The first kappa shape index (κ1) is 17.8. The Morgan fingerprint density at radius 3 is 2.68 bits per heavy atom. The Morgan fingerprint density at radius 1 is 1.28 bits per heavy atom. The molecule has 1 heterocycles. The lowest BCUT2D eigenvalue weighted by molar-refractivity contribution is -0.119. The molecule has 0 bridgehead atoms. The van der Waals surface area contributed by atoms with Crippen molar-refractivity contribution in [3.05, 3.63) is 24.3 Å². The van der Waals surface area contributed by atoms with Gasteiger partial charge in [0.2, 0.25) is 5.91 Å². The summed E-state index contributed by atoms with van der Waals surface area (Å²) in [6, 6.07) is 8.14. The van der Waals surface area contributed by atoms with Gasteiger partial charge in [-0.3, -0.25) is 4.79 Å². The Kier molecular flexibility index (Phi) is 5.96. The lowest BCUT2D eigenvalue weighted by Gasteiger charge is -2.11. The fourth-order valence-electron chi connectivity index (χ4n) is 3.03. The van der Waals surface area contributed by atoms with Gasteiger partial charge in [0, 0.05) is 18.7 Å². The number of carbonyl (C=O) groups excluding carboxylic acids is 1. The molecule has 0 atom stereocenters. The second-order valence-electron chi connectivity index (χ2n) is 6.16. The van der Waals surface area contributed by atoms with Crippen LogP contribution in [0.15, 0.2) is 29.4 Å². The van der Waals surface area contributed by atoms with Gasteiger partial charge in [0.25, 0.3) is 0 Å². The van der Waals surface area contributed by atoms with Crippen molar-refractivity contribution in [3.8, 4) is 17.1 Å². The van der Waals surface area contributed by atoms with Crippen LogP contribution in [0.3, 0.4) is 0 Å².